The number of hydrogen-bond donors (Lipinski definition) is 1. The number of alkyl halides is 3. The van der Waals surface area contributed by atoms with Crippen molar-refractivity contribution in [3.8, 4) is 0 Å². The number of nitrogens with zero attached hydrogens (tertiary/aromatic N) is 1. The zero-order valence-corrected chi connectivity index (χ0v) is 12.1. The molecule has 7 heteroatoms. The molecule has 1 aliphatic heterocycles. The summed E-state index contributed by atoms with van der Waals surface area (Å²) in [5, 5.41) is 8.55. The summed E-state index contributed by atoms with van der Waals surface area (Å²) < 4.78 is 37.7. The van der Waals surface area contributed by atoms with Crippen molar-refractivity contribution >= 4 is 23.4 Å². The van der Waals surface area contributed by atoms with Gasteiger partial charge in [0, 0.05) is 22.4 Å². The molecule has 21 heavy (non-hydrogen) atoms. The van der Waals surface area contributed by atoms with Gasteiger partial charge in [0.2, 0.25) is 0 Å². The number of carboxylic acid groups (broad SMARTS) is 1. The van der Waals surface area contributed by atoms with Crippen molar-refractivity contribution in [2.45, 2.75) is 25.6 Å². The van der Waals surface area contributed by atoms with E-state index in [1.807, 2.05) is 17.0 Å². The van der Waals surface area contributed by atoms with E-state index in [0.717, 1.165) is 15.8 Å². The number of hydrogen-bond acceptors (Lipinski definition) is 3. The Kier molecular flexibility index (Phi) is 5.05. The van der Waals surface area contributed by atoms with Crippen molar-refractivity contribution in [2.75, 3.05) is 13.1 Å². The lowest BCUT2D eigenvalue weighted by Gasteiger charge is -2.32. The highest BCUT2D eigenvalue weighted by Crippen LogP contribution is 2.34. The number of thiophene rings is 1. The topological polar surface area (TPSA) is 40.5 Å². The lowest BCUT2D eigenvalue weighted by Crippen LogP contribution is -2.38. The van der Waals surface area contributed by atoms with Crippen molar-refractivity contribution in [2.24, 2.45) is 5.92 Å². The molecule has 0 atom stereocenters. The summed E-state index contributed by atoms with van der Waals surface area (Å²) in [5.74, 6) is -2.18. The number of carboxylic acids is 1. The van der Waals surface area contributed by atoms with Crippen LogP contribution >= 0.6 is 11.3 Å². The third-order valence-electron chi connectivity index (χ3n) is 3.50. The highest BCUT2D eigenvalue weighted by atomic mass is 32.1. The minimum atomic E-state index is -4.08. The second kappa shape index (κ2) is 6.62. The molecule has 0 unspecified atom stereocenters. The summed E-state index contributed by atoms with van der Waals surface area (Å²) in [6.45, 7) is 1.51. The summed E-state index contributed by atoms with van der Waals surface area (Å²) in [6.07, 6.45) is -1.18. The lowest BCUT2D eigenvalue weighted by atomic mass is 9.96. The Morgan fingerprint density at radius 3 is 2.62 bits per heavy atom. The van der Waals surface area contributed by atoms with Crippen LogP contribution in [0.2, 0.25) is 0 Å². The molecule has 1 aliphatic rings. The summed E-state index contributed by atoms with van der Waals surface area (Å²) in [7, 11) is 0. The van der Waals surface area contributed by atoms with Gasteiger partial charge in [0.05, 0.1) is 5.92 Å². The maximum Gasteiger partial charge on any atom is 0.391 e. The highest BCUT2D eigenvalue weighted by molar-refractivity contribution is 7.12. The van der Waals surface area contributed by atoms with Crippen molar-refractivity contribution in [3.63, 3.8) is 0 Å². The minimum Gasteiger partial charge on any atom is -0.478 e. The molecule has 0 aromatic carbocycles. The van der Waals surface area contributed by atoms with E-state index in [1.54, 1.807) is 0 Å². The van der Waals surface area contributed by atoms with E-state index >= 15 is 0 Å². The molecule has 0 bridgehead atoms. The monoisotopic (exact) mass is 319 g/mol. The van der Waals surface area contributed by atoms with Gasteiger partial charge in [0.15, 0.2) is 0 Å². The van der Waals surface area contributed by atoms with Crippen LogP contribution in [0.3, 0.4) is 0 Å². The molecule has 116 valence electrons. The van der Waals surface area contributed by atoms with Crippen LogP contribution in [0, 0.1) is 5.92 Å². The lowest BCUT2D eigenvalue weighted by molar-refractivity contribution is -0.185. The van der Waals surface area contributed by atoms with E-state index in [9.17, 15) is 18.0 Å². The van der Waals surface area contributed by atoms with E-state index in [0.29, 0.717) is 19.6 Å². The number of piperidine rings is 1. The minimum absolute atomic E-state index is 0.153. The van der Waals surface area contributed by atoms with Crippen LogP contribution in [0.25, 0.3) is 6.08 Å². The molecule has 1 N–H and O–H groups in total. The first-order valence-corrected chi connectivity index (χ1v) is 7.45. The third-order valence-corrected chi connectivity index (χ3v) is 4.54. The van der Waals surface area contributed by atoms with E-state index in [-0.39, 0.29) is 12.8 Å². The van der Waals surface area contributed by atoms with Gasteiger partial charge in [-0.15, -0.1) is 11.3 Å². The smallest absolute Gasteiger partial charge is 0.391 e. The first-order valence-electron chi connectivity index (χ1n) is 6.63. The van der Waals surface area contributed by atoms with Crippen LogP contribution in [0.1, 0.15) is 22.6 Å². The fourth-order valence-corrected chi connectivity index (χ4v) is 3.32. The van der Waals surface area contributed by atoms with Crippen LogP contribution in [0.4, 0.5) is 13.2 Å². The second-order valence-electron chi connectivity index (χ2n) is 5.07. The summed E-state index contributed by atoms with van der Waals surface area (Å²) >= 11 is 1.46. The molecule has 0 spiro atoms. The van der Waals surface area contributed by atoms with Gasteiger partial charge in [-0.05, 0) is 44.1 Å². The SMILES string of the molecule is O=C(O)C=Cc1ccc(CN2CCC(C(F)(F)F)CC2)s1. The molecule has 0 aliphatic carbocycles. The quantitative estimate of drug-likeness (QED) is 0.862. The first-order chi connectivity index (χ1) is 9.84. The number of carbonyl (C=O) groups is 1. The van der Waals surface area contributed by atoms with Gasteiger partial charge in [-0.3, -0.25) is 4.90 Å². The van der Waals surface area contributed by atoms with Crippen molar-refractivity contribution in [1.82, 2.24) is 4.90 Å². The molecule has 1 saturated heterocycles. The predicted octanol–water partition coefficient (Wildman–Crippen LogP) is 3.62. The Bertz CT molecular complexity index is 517. The normalized spacial score (nSPS) is 18.4. The Balaban J connectivity index is 1.85. The van der Waals surface area contributed by atoms with Crippen LogP contribution in [-0.2, 0) is 11.3 Å². The van der Waals surface area contributed by atoms with Crippen LogP contribution in [0.5, 0.6) is 0 Å². The van der Waals surface area contributed by atoms with Gasteiger partial charge in [0.1, 0.15) is 0 Å². The molecule has 2 heterocycles. The number of rotatable bonds is 4. The summed E-state index contributed by atoms with van der Waals surface area (Å²) in [5.41, 5.74) is 0. The molecule has 1 aromatic rings. The molecule has 0 amide bonds. The zero-order chi connectivity index (χ0) is 15.5. The second-order valence-corrected chi connectivity index (χ2v) is 6.27. The Morgan fingerprint density at radius 1 is 1.38 bits per heavy atom. The Labute approximate surface area is 124 Å². The van der Waals surface area contributed by atoms with Gasteiger partial charge < -0.3 is 5.11 Å². The van der Waals surface area contributed by atoms with Crippen LogP contribution in [0.15, 0.2) is 18.2 Å². The van der Waals surface area contributed by atoms with Crippen LogP contribution in [-0.4, -0.2) is 35.2 Å². The van der Waals surface area contributed by atoms with E-state index in [1.165, 1.54) is 17.4 Å². The van der Waals surface area contributed by atoms with Gasteiger partial charge in [-0.2, -0.15) is 13.2 Å². The molecule has 0 saturated carbocycles. The fourth-order valence-electron chi connectivity index (χ4n) is 2.36. The fraction of sp³-hybridized carbons (Fsp3) is 0.500. The van der Waals surface area contributed by atoms with E-state index in [2.05, 4.69) is 0 Å². The summed E-state index contributed by atoms with van der Waals surface area (Å²) in [6, 6.07) is 3.71. The first kappa shape index (κ1) is 16.0. The third kappa shape index (κ3) is 4.86. The van der Waals surface area contributed by atoms with Gasteiger partial charge in [0.25, 0.3) is 0 Å². The van der Waals surface area contributed by atoms with Gasteiger partial charge in [-0.25, -0.2) is 4.79 Å². The zero-order valence-electron chi connectivity index (χ0n) is 11.3. The van der Waals surface area contributed by atoms with Crippen molar-refractivity contribution in [3.05, 3.63) is 28.0 Å². The molecular formula is C14H16F3NO2S. The maximum absolute atomic E-state index is 12.6. The van der Waals surface area contributed by atoms with Gasteiger partial charge >= 0.3 is 12.1 Å². The van der Waals surface area contributed by atoms with Crippen LogP contribution < -0.4 is 0 Å². The average molecular weight is 319 g/mol. The molecule has 2 rings (SSSR count). The highest BCUT2D eigenvalue weighted by Gasteiger charge is 2.40. The van der Waals surface area contributed by atoms with E-state index in [4.69, 9.17) is 5.11 Å². The molecule has 1 aromatic heterocycles. The number of likely N-dealkylation sites (tertiary alicyclic amines) is 1. The molecule has 1 fully saturated rings. The molecule has 3 nitrogen and oxygen atoms in total. The maximum atomic E-state index is 12.6. The standard InChI is InChI=1S/C14H16F3NO2S/c15-14(16,17)10-5-7-18(8-6-10)9-12-2-1-11(21-12)3-4-13(19)20/h1-4,10H,5-9H2,(H,19,20). The largest absolute Gasteiger partial charge is 0.478 e. The molecule has 0 radical (unpaired) electrons. The molecular weight excluding hydrogens is 303 g/mol. The summed E-state index contributed by atoms with van der Waals surface area (Å²) in [4.78, 5) is 14.3. The Morgan fingerprint density at radius 2 is 2.05 bits per heavy atom. The van der Waals surface area contributed by atoms with Crippen molar-refractivity contribution in [1.29, 1.82) is 0 Å². The van der Waals surface area contributed by atoms with Crippen molar-refractivity contribution < 1.29 is 23.1 Å². The Hall–Kier alpha value is -1.34. The van der Waals surface area contributed by atoms with E-state index < -0.39 is 18.1 Å². The number of aliphatic carboxylic acids is 1. The predicted molar refractivity (Wildman–Crippen MR) is 75.0 cm³/mol. The average Bonchev–Trinajstić information content (AvgIpc) is 2.83. The van der Waals surface area contributed by atoms with Gasteiger partial charge in [-0.1, -0.05) is 0 Å². The number of halogens is 3.